The number of nitrogens with zero attached hydrogens (tertiary/aromatic N) is 2. The number of aryl methyl sites for hydroxylation is 2. The summed E-state index contributed by atoms with van der Waals surface area (Å²) in [7, 11) is 3.10. The summed E-state index contributed by atoms with van der Waals surface area (Å²) in [6, 6.07) is 13.9. The van der Waals surface area contributed by atoms with E-state index in [0.717, 1.165) is 11.1 Å². The summed E-state index contributed by atoms with van der Waals surface area (Å²) in [4.78, 5) is 17.8. The Morgan fingerprint density at radius 2 is 1.88 bits per heavy atom. The van der Waals surface area contributed by atoms with Crippen LogP contribution in [0.25, 0.3) is 16.9 Å². The molecule has 0 radical (unpaired) electrons. The van der Waals surface area contributed by atoms with Crippen LogP contribution in [0.3, 0.4) is 0 Å². The quantitative estimate of drug-likeness (QED) is 0.467. The number of amides is 1. The second kappa shape index (κ2) is 8.70. The highest BCUT2D eigenvalue weighted by Gasteiger charge is 2.19. The molecular formula is C25H24FN3O3. The molecular weight excluding hydrogens is 409 g/mol. The number of carbonyl (C=O) groups excluding carboxylic acids is 1. The van der Waals surface area contributed by atoms with Gasteiger partial charge >= 0.3 is 0 Å². The van der Waals surface area contributed by atoms with E-state index in [1.54, 1.807) is 51.5 Å². The summed E-state index contributed by atoms with van der Waals surface area (Å²) in [5.41, 5.74) is 4.91. The second-order valence-electron chi connectivity index (χ2n) is 7.60. The molecule has 0 aliphatic heterocycles. The number of halogens is 1. The molecule has 0 saturated heterocycles. The smallest absolute Gasteiger partial charge is 0.230 e. The molecule has 4 rings (SSSR count). The first kappa shape index (κ1) is 21.4. The molecule has 0 aliphatic carbocycles. The summed E-state index contributed by atoms with van der Waals surface area (Å²) in [6.07, 6.45) is 2.01. The highest BCUT2D eigenvalue weighted by atomic mass is 19.1. The predicted octanol–water partition coefficient (Wildman–Crippen LogP) is 4.96. The number of hydrogen-bond donors (Lipinski definition) is 1. The number of imidazole rings is 1. The average molecular weight is 433 g/mol. The van der Waals surface area contributed by atoms with Crippen LogP contribution in [-0.2, 0) is 11.2 Å². The first-order valence-electron chi connectivity index (χ1n) is 10.2. The van der Waals surface area contributed by atoms with Gasteiger partial charge in [-0.1, -0.05) is 6.07 Å². The fourth-order valence-corrected chi connectivity index (χ4v) is 3.65. The molecule has 7 heteroatoms. The molecule has 164 valence electrons. The van der Waals surface area contributed by atoms with Gasteiger partial charge in [-0.15, -0.1) is 0 Å². The van der Waals surface area contributed by atoms with Crippen LogP contribution in [0.2, 0.25) is 0 Å². The zero-order valence-corrected chi connectivity index (χ0v) is 18.4. The number of pyridine rings is 1. The Hall–Kier alpha value is -3.87. The number of fused-ring (bicyclic) bond motifs is 1. The molecule has 0 unspecified atom stereocenters. The third-order valence-electron chi connectivity index (χ3n) is 5.31. The van der Waals surface area contributed by atoms with Crippen LogP contribution in [0.5, 0.6) is 11.5 Å². The van der Waals surface area contributed by atoms with Crippen molar-refractivity contribution >= 4 is 17.2 Å². The summed E-state index contributed by atoms with van der Waals surface area (Å²) < 4.78 is 26.4. The van der Waals surface area contributed by atoms with Crippen LogP contribution in [0, 0.1) is 19.7 Å². The van der Waals surface area contributed by atoms with E-state index in [4.69, 9.17) is 14.5 Å². The molecule has 2 aromatic heterocycles. The summed E-state index contributed by atoms with van der Waals surface area (Å²) >= 11 is 0. The number of aromatic nitrogens is 2. The molecule has 0 spiro atoms. The van der Waals surface area contributed by atoms with Gasteiger partial charge in [-0.05, 0) is 61.4 Å². The first-order valence-corrected chi connectivity index (χ1v) is 10.2. The van der Waals surface area contributed by atoms with Gasteiger partial charge in [-0.25, -0.2) is 9.37 Å². The van der Waals surface area contributed by atoms with E-state index in [1.165, 1.54) is 6.07 Å². The molecule has 2 aromatic carbocycles. The molecule has 4 aromatic rings. The zero-order chi connectivity index (χ0) is 22.8. The van der Waals surface area contributed by atoms with Crippen molar-refractivity contribution in [3.05, 3.63) is 77.4 Å². The fraction of sp³-hybridized carbons (Fsp3) is 0.200. The molecule has 1 amide bonds. The lowest BCUT2D eigenvalue weighted by molar-refractivity contribution is -0.115. The molecule has 0 bridgehead atoms. The van der Waals surface area contributed by atoms with Gasteiger partial charge in [0, 0.05) is 17.8 Å². The van der Waals surface area contributed by atoms with Gasteiger partial charge in [-0.2, -0.15) is 0 Å². The van der Waals surface area contributed by atoms with Crippen LogP contribution in [-0.4, -0.2) is 29.5 Å². The standard InChI is InChI=1S/C25H24FN3O3/c1-15-5-10-23-28-25(17-6-8-19(26)16(2)11-17)21(29(23)14-15)13-24(30)27-20-12-18(31-3)7-9-22(20)32-4/h5-12,14H,13H2,1-4H3,(H,27,30). The van der Waals surface area contributed by atoms with Gasteiger partial charge in [0.05, 0.1) is 37.7 Å². The van der Waals surface area contributed by atoms with Gasteiger partial charge in [0.25, 0.3) is 0 Å². The molecule has 0 atom stereocenters. The monoisotopic (exact) mass is 433 g/mol. The van der Waals surface area contributed by atoms with E-state index in [2.05, 4.69) is 5.32 Å². The molecule has 6 nitrogen and oxygen atoms in total. The summed E-state index contributed by atoms with van der Waals surface area (Å²) in [6.45, 7) is 3.69. The third-order valence-corrected chi connectivity index (χ3v) is 5.31. The van der Waals surface area contributed by atoms with E-state index in [9.17, 15) is 9.18 Å². The summed E-state index contributed by atoms with van der Waals surface area (Å²) in [5, 5.41) is 2.91. The molecule has 32 heavy (non-hydrogen) atoms. The Bertz CT molecular complexity index is 1310. The molecule has 0 fully saturated rings. The molecule has 2 heterocycles. The Kier molecular flexibility index (Phi) is 5.81. The van der Waals surface area contributed by atoms with Gasteiger partial charge in [0.2, 0.25) is 5.91 Å². The Morgan fingerprint density at radius 1 is 1.06 bits per heavy atom. The van der Waals surface area contributed by atoms with Crippen molar-refractivity contribution < 1.29 is 18.7 Å². The van der Waals surface area contributed by atoms with Crippen molar-refractivity contribution in [2.24, 2.45) is 0 Å². The highest BCUT2D eigenvalue weighted by molar-refractivity contribution is 5.94. The normalized spacial score (nSPS) is 10.9. The van der Waals surface area contributed by atoms with Crippen molar-refractivity contribution in [3.8, 4) is 22.8 Å². The van der Waals surface area contributed by atoms with Gasteiger partial charge in [-0.3, -0.25) is 4.79 Å². The number of carbonyl (C=O) groups is 1. The zero-order valence-electron chi connectivity index (χ0n) is 18.4. The Labute approximate surface area is 185 Å². The predicted molar refractivity (Wildman–Crippen MR) is 122 cm³/mol. The molecule has 1 N–H and O–H groups in total. The lowest BCUT2D eigenvalue weighted by Gasteiger charge is -2.12. The van der Waals surface area contributed by atoms with Crippen molar-refractivity contribution in [2.75, 3.05) is 19.5 Å². The number of ether oxygens (including phenoxy) is 2. The lowest BCUT2D eigenvalue weighted by Crippen LogP contribution is -2.16. The van der Waals surface area contributed by atoms with Crippen LogP contribution in [0.1, 0.15) is 16.8 Å². The summed E-state index contributed by atoms with van der Waals surface area (Å²) in [5.74, 6) is 0.620. The van der Waals surface area contributed by atoms with Crippen molar-refractivity contribution in [3.63, 3.8) is 0 Å². The number of nitrogens with one attached hydrogen (secondary N) is 1. The van der Waals surface area contributed by atoms with E-state index >= 15 is 0 Å². The average Bonchev–Trinajstić information content (AvgIpc) is 3.12. The van der Waals surface area contributed by atoms with Crippen LogP contribution in [0.4, 0.5) is 10.1 Å². The Morgan fingerprint density at radius 3 is 2.59 bits per heavy atom. The fourth-order valence-electron chi connectivity index (χ4n) is 3.65. The molecule has 0 saturated carbocycles. The van der Waals surface area contributed by atoms with Gasteiger partial charge in [0.15, 0.2) is 0 Å². The van der Waals surface area contributed by atoms with E-state index < -0.39 is 0 Å². The minimum Gasteiger partial charge on any atom is -0.497 e. The maximum absolute atomic E-state index is 13.8. The minimum atomic E-state index is -0.280. The van der Waals surface area contributed by atoms with Crippen molar-refractivity contribution in [1.82, 2.24) is 9.38 Å². The Balaban J connectivity index is 1.74. The van der Waals surface area contributed by atoms with Gasteiger partial charge < -0.3 is 19.2 Å². The number of anilines is 1. The maximum Gasteiger partial charge on any atom is 0.230 e. The van der Waals surface area contributed by atoms with E-state index in [-0.39, 0.29) is 18.1 Å². The third kappa shape index (κ3) is 4.14. The number of hydrogen-bond acceptors (Lipinski definition) is 4. The lowest BCUT2D eigenvalue weighted by atomic mass is 10.1. The number of benzene rings is 2. The topological polar surface area (TPSA) is 64.9 Å². The van der Waals surface area contributed by atoms with Crippen molar-refractivity contribution in [1.29, 1.82) is 0 Å². The minimum absolute atomic E-state index is 0.0662. The highest BCUT2D eigenvalue weighted by Crippen LogP contribution is 2.30. The van der Waals surface area contributed by atoms with E-state index in [1.807, 2.05) is 29.7 Å². The first-order chi connectivity index (χ1) is 15.4. The van der Waals surface area contributed by atoms with Gasteiger partial charge in [0.1, 0.15) is 23.0 Å². The van der Waals surface area contributed by atoms with Crippen LogP contribution < -0.4 is 14.8 Å². The SMILES string of the molecule is COc1ccc(OC)c(NC(=O)Cc2c(-c3ccc(F)c(C)c3)nc3ccc(C)cn23)c1. The molecule has 0 aliphatic rings. The van der Waals surface area contributed by atoms with Crippen molar-refractivity contribution in [2.45, 2.75) is 20.3 Å². The number of rotatable bonds is 6. The second-order valence-corrected chi connectivity index (χ2v) is 7.60. The largest absolute Gasteiger partial charge is 0.497 e. The van der Waals surface area contributed by atoms with E-state index in [0.29, 0.717) is 39.8 Å². The maximum atomic E-state index is 13.8. The van der Waals surface area contributed by atoms with Crippen LogP contribution >= 0.6 is 0 Å². The number of methoxy groups -OCH3 is 2. The van der Waals surface area contributed by atoms with Crippen LogP contribution in [0.15, 0.2) is 54.7 Å².